The van der Waals surface area contributed by atoms with Crippen LogP contribution in [-0.2, 0) is 9.53 Å². The molecular weight excluding hydrogens is 363 g/mol. The predicted molar refractivity (Wildman–Crippen MR) is 91.5 cm³/mol. The van der Waals surface area contributed by atoms with Gasteiger partial charge in [0, 0.05) is 6.42 Å². The van der Waals surface area contributed by atoms with Crippen molar-refractivity contribution in [1.82, 2.24) is 0 Å². The van der Waals surface area contributed by atoms with E-state index >= 15 is 0 Å². The van der Waals surface area contributed by atoms with Gasteiger partial charge in [-0.2, -0.15) is 4.39 Å². The summed E-state index contributed by atoms with van der Waals surface area (Å²) < 4.78 is 57.0. The normalized spacial score (nSPS) is 19.1. The minimum absolute atomic E-state index is 0.0465. The van der Waals surface area contributed by atoms with E-state index in [1.165, 1.54) is 43.4 Å². The van der Waals surface area contributed by atoms with Gasteiger partial charge < -0.3 is 19.1 Å². The van der Waals surface area contributed by atoms with Crippen LogP contribution in [0.5, 0.6) is 11.5 Å². The van der Waals surface area contributed by atoms with Crippen molar-refractivity contribution in [3.05, 3.63) is 53.8 Å². The number of hydrogen-bond acceptors (Lipinski definition) is 5. The van der Waals surface area contributed by atoms with Crippen molar-refractivity contribution in [1.29, 1.82) is 0 Å². The van der Waals surface area contributed by atoms with Crippen molar-refractivity contribution < 1.29 is 32.2 Å². The molecule has 27 heavy (non-hydrogen) atoms. The maximum Gasteiger partial charge on any atom is 0.328 e. The molecule has 0 N–H and O–H groups in total. The van der Waals surface area contributed by atoms with Gasteiger partial charge in [-0.1, -0.05) is 12.1 Å². The van der Waals surface area contributed by atoms with Crippen molar-refractivity contribution in [2.45, 2.75) is 18.6 Å². The minimum atomic E-state index is -1.16. The highest BCUT2D eigenvalue weighted by Crippen LogP contribution is 2.38. The molecule has 8 heteroatoms. The molecule has 0 amide bonds. The van der Waals surface area contributed by atoms with E-state index in [4.69, 9.17) is 14.2 Å². The Morgan fingerprint density at radius 1 is 1.07 bits per heavy atom. The number of ether oxygens (including phenoxy) is 3. The number of nitrogens with zero attached hydrogens (tertiary/aromatic N) is 1. The molecule has 0 aromatic heterocycles. The summed E-state index contributed by atoms with van der Waals surface area (Å²) in [6, 6.07) is 7.35. The first-order chi connectivity index (χ1) is 13.0. The highest BCUT2D eigenvalue weighted by Gasteiger charge is 2.41. The van der Waals surface area contributed by atoms with Crippen molar-refractivity contribution in [3.63, 3.8) is 0 Å². The van der Waals surface area contributed by atoms with Crippen LogP contribution >= 0.6 is 0 Å². The first-order valence-electron chi connectivity index (χ1n) is 8.24. The molecular formula is C19H18F3NO4. The highest BCUT2D eigenvalue weighted by atomic mass is 19.2. The standard InChI is InChI=1S/C19H18F3NO4/c1-25-18-14(8-7-13(21)17(18)22)23-10-11(9-15(23)19(24)26-2)27-16-6-4-3-5-12(16)20/h3-8,11,15H,9-10H2,1-2H3/t11-,15?/m1/s1. The fourth-order valence-electron chi connectivity index (χ4n) is 3.17. The first-order valence-corrected chi connectivity index (χ1v) is 8.24. The lowest BCUT2D eigenvalue weighted by molar-refractivity contribution is -0.142. The SMILES string of the molecule is COC(=O)C1C[C@@H](Oc2ccccc2F)CN1c1ccc(F)c(F)c1OC. The summed E-state index contributed by atoms with van der Waals surface area (Å²) in [5.41, 5.74) is 0.187. The molecule has 1 saturated heterocycles. The molecule has 0 saturated carbocycles. The van der Waals surface area contributed by atoms with Gasteiger partial charge in [0.2, 0.25) is 5.82 Å². The number of para-hydroxylation sites is 1. The van der Waals surface area contributed by atoms with Crippen molar-refractivity contribution in [2.24, 2.45) is 0 Å². The van der Waals surface area contributed by atoms with E-state index in [9.17, 15) is 18.0 Å². The third-order valence-electron chi connectivity index (χ3n) is 4.41. The van der Waals surface area contributed by atoms with Crippen LogP contribution in [-0.4, -0.2) is 38.9 Å². The van der Waals surface area contributed by atoms with Gasteiger partial charge in [-0.25, -0.2) is 13.6 Å². The van der Waals surface area contributed by atoms with Gasteiger partial charge >= 0.3 is 5.97 Å². The molecule has 0 aliphatic carbocycles. The Bertz CT molecular complexity index is 846. The second-order valence-corrected chi connectivity index (χ2v) is 6.01. The van der Waals surface area contributed by atoms with Crippen LogP contribution in [0.15, 0.2) is 36.4 Å². The van der Waals surface area contributed by atoms with Gasteiger partial charge in [-0.05, 0) is 24.3 Å². The molecule has 2 atom stereocenters. The molecule has 0 spiro atoms. The van der Waals surface area contributed by atoms with Crippen molar-refractivity contribution >= 4 is 11.7 Å². The summed E-state index contributed by atoms with van der Waals surface area (Å²) in [5.74, 6) is -3.60. The van der Waals surface area contributed by atoms with E-state index in [0.29, 0.717) is 0 Å². The number of esters is 1. The zero-order chi connectivity index (χ0) is 19.6. The van der Waals surface area contributed by atoms with E-state index in [-0.39, 0.29) is 30.2 Å². The summed E-state index contributed by atoms with van der Waals surface area (Å²) in [5, 5.41) is 0. The molecule has 1 fully saturated rings. The van der Waals surface area contributed by atoms with Crippen LogP contribution < -0.4 is 14.4 Å². The third kappa shape index (κ3) is 3.65. The molecule has 1 aliphatic rings. The van der Waals surface area contributed by atoms with E-state index in [1.54, 1.807) is 6.07 Å². The number of anilines is 1. The van der Waals surface area contributed by atoms with E-state index in [1.807, 2.05) is 0 Å². The van der Waals surface area contributed by atoms with Gasteiger partial charge in [-0.15, -0.1) is 0 Å². The number of hydrogen-bond donors (Lipinski definition) is 0. The molecule has 1 unspecified atom stereocenters. The van der Waals surface area contributed by atoms with Gasteiger partial charge in [0.05, 0.1) is 26.5 Å². The van der Waals surface area contributed by atoms with Crippen LogP contribution in [0, 0.1) is 17.5 Å². The van der Waals surface area contributed by atoms with Gasteiger partial charge in [-0.3, -0.25) is 0 Å². The van der Waals surface area contributed by atoms with Gasteiger partial charge in [0.1, 0.15) is 12.1 Å². The minimum Gasteiger partial charge on any atom is -0.491 e. The molecule has 1 heterocycles. The Hall–Kier alpha value is -2.90. The average Bonchev–Trinajstić information content (AvgIpc) is 3.08. The number of carbonyl (C=O) groups is 1. The zero-order valence-corrected chi connectivity index (χ0v) is 14.7. The molecule has 5 nitrogen and oxygen atoms in total. The van der Waals surface area contributed by atoms with Crippen molar-refractivity contribution in [2.75, 3.05) is 25.7 Å². The Balaban J connectivity index is 1.92. The molecule has 144 valence electrons. The van der Waals surface area contributed by atoms with E-state index in [2.05, 4.69) is 0 Å². The molecule has 2 aromatic carbocycles. The second-order valence-electron chi connectivity index (χ2n) is 6.01. The summed E-state index contributed by atoms with van der Waals surface area (Å²) >= 11 is 0. The largest absolute Gasteiger partial charge is 0.491 e. The number of carbonyl (C=O) groups excluding carboxylic acids is 1. The molecule has 3 rings (SSSR count). The summed E-state index contributed by atoms with van der Waals surface area (Å²) in [6.45, 7) is 0.134. The monoisotopic (exact) mass is 381 g/mol. The lowest BCUT2D eigenvalue weighted by Crippen LogP contribution is -2.37. The average molecular weight is 381 g/mol. The smallest absolute Gasteiger partial charge is 0.328 e. The maximum absolute atomic E-state index is 14.1. The maximum atomic E-state index is 14.1. The van der Waals surface area contributed by atoms with E-state index in [0.717, 1.165) is 6.07 Å². The Kier molecular flexibility index (Phi) is 5.43. The Morgan fingerprint density at radius 2 is 1.81 bits per heavy atom. The summed E-state index contributed by atoms with van der Waals surface area (Å²) in [6.07, 6.45) is -0.382. The highest BCUT2D eigenvalue weighted by molar-refractivity contribution is 5.82. The van der Waals surface area contributed by atoms with Crippen LogP contribution in [0.1, 0.15) is 6.42 Å². The number of halogens is 3. The Morgan fingerprint density at radius 3 is 2.48 bits per heavy atom. The number of methoxy groups -OCH3 is 2. The Labute approximate surface area is 154 Å². The fourth-order valence-corrected chi connectivity index (χ4v) is 3.17. The van der Waals surface area contributed by atoms with Crippen LogP contribution in [0.25, 0.3) is 0 Å². The lowest BCUT2D eigenvalue weighted by atomic mass is 10.2. The first kappa shape index (κ1) is 18.9. The van der Waals surface area contributed by atoms with E-state index < -0.39 is 35.6 Å². The van der Waals surface area contributed by atoms with Gasteiger partial charge in [0.25, 0.3) is 0 Å². The molecule has 1 aliphatic heterocycles. The molecule has 0 radical (unpaired) electrons. The summed E-state index contributed by atoms with van der Waals surface area (Å²) in [4.78, 5) is 13.7. The fraction of sp³-hybridized carbons (Fsp3) is 0.316. The molecule has 2 aromatic rings. The van der Waals surface area contributed by atoms with Gasteiger partial charge in [0.15, 0.2) is 23.1 Å². The topological polar surface area (TPSA) is 48.0 Å². The quantitative estimate of drug-likeness (QED) is 0.744. The predicted octanol–water partition coefficient (Wildman–Crippen LogP) is 3.31. The van der Waals surface area contributed by atoms with Crippen LogP contribution in [0.3, 0.4) is 0 Å². The lowest BCUT2D eigenvalue weighted by Gasteiger charge is -2.26. The number of benzene rings is 2. The van der Waals surface area contributed by atoms with Crippen LogP contribution in [0.4, 0.5) is 18.9 Å². The summed E-state index contributed by atoms with van der Waals surface area (Å²) in [7, 11) is 2.44. The number of rotatable bonds is 5. The van der Waals surface area contributed by atoms with Crippen LogP contribution in [0.2, 0.25) is 0 Å². The second kappa shape index (κ2) is 7.77. The third-order valence-corrected chi connectivity index (χ3v) is 4.41. The van der Waals surface area contributed by atoms with Crippen molar-refractivity contribution in [3.8, 4) is 11.5 Å². The molecule has 0 bridgehead atoms. The zero-order valence-electron chi connectivity index (χ0n) is 14.7.